The van der Waals surface area contributed by atoms with Crippen LogP contribution in [0.15, 0.2) is 85.0 Å². The monoisotopic (exact) mass is 530 g/mol. The van der Waals surface area contributed by atoms with E-state index in [0.29, 0.717) is 13.1 Å². The van der Waals surface area contributed by atoms with Crippen LogP contribution in [0.2, 0.25) is 0 Å². The smallest absolute Gasteiger partial charge is 0.311 e. The number of carbonyl (C=O) groups excluding carboxylic acids is 3. The number of hydrogen-bond donors (Lipinski definition) is 1. The van der Waals surface area contributed by atoms with E-state index in [9.17, 15) is 19.5 Å². The molecule has 2 aromatic carbocycles. The van der Waals surface area contributed by atoms with Crippen LogP contribution < -0.4 is 0 Å². The number of likely N-dealkylation sites (tertiary alicyclic amines) is 1. The zero-order valence-corrected chi connectivity index (χ0v) is 21.9. The van der Waals surface area contributed by atoms with E-state index >= 15 is 0 Å². The molecule has 0 bridgehead atoms. The number of hydrogen-bond acceptors (Lipinski definition) is 6. The Morgan fingerprint density at radius 3 is 2.39 bits per heavy atom. The van der Waals surface area contributed by atoms with Crippen LogP contribution in [0.3, 0.4) is 0 Å². The Bertz CT molecular complexity index is 1310. The van der Waals surface area contributed by atoms with Crippen molar-refractivity contribution < 1.29 is 24.2 Å². The Morgan fingerprint density at radius 1 is 0.974 bits per heavy atom. The molecule has 4 heterocycles. The van der Waals surface area contributed by atoms with Crippen LogP contribution in [0.5, 0.6) is 0 Å². The molecule has 0 aromatic heterocycles. The lowest BCUT2D eigenvalue weighted by Gasteiger charge is -2.39. The Kier molecular flexibility index (Phi) is 6.19. The van der Waals surface area contributed by atoms with Gasteiger partial charge in [-0.25, -0.2) is 0 Å². The molecular formula is C30H30N2O5S. The van der Waals surface area contributed by atoms with Crippen molar-refractivity contribution in [3.05, 3.63) is 96.1 Å². The molecule has 8 heteroatoms. The van der Waals surface area contributed by atoms with E-state index in [0.717, 1.165) is 11.1 Å². The molecule has 4 aliphatic heterocycles. The standard InChI is InChI=1S/C30H30N2O5S/c1-29-14-9-17-37-28(36)24(29)23-26(34)32(22(19-33)21-12-6-3-7-13-21)25-27(35)31(16-8-15-30(23,25)38-29)18-20-10-4-2-5-11-20/h2-15,22-25,33H,16-19H2,1H3/t22-,23+,24-,25?,29+,30+/m1/s1. The van der Waals surface area contributed by atoms with Gasteiger partial charge in [0, 0.05) is 17.8 Å². The predicted molar refractivity (Wildman–Crippen MR) is 144 cm³/mol. The van der Waals surface area contributed by atoms with Crippen LogP contribution >= 0.6 is 11.8 Å². The Labute approximate surface area is 226 Å². The molecule has 38 heavy (non-hydrogen) atoms. The van der Waals surface area contributed by atoms with Crippen LogP contribution in [0.1, 0.15) is 24.1 Å². The number of rotatable bonds is 5. The van der Waals surface area contributed by atoms with Crippen LogP contribution in [0, 0.1) is 11.8 Å². The number of carbonyl (C=O) groups is 3. The van der Waals surface area contributed by atoms with Crippen molar-refractivity contribution in [2.75, 3.05) is 19.8 Å². The third kappa shape index (κ3) is 3.73. The van der Waals surface area contributed by atoms with Gasteiger partial charge >= 0.3 is 5.97 Å². The summed E-state index contributed by atoms with van der Waals surface area (Å²) < 4.78 is 3.81. The summed E-state index contributed by atoms with van der Waals surface area (Å²) in [5, 5.41) is 10.6. The minimum absolute atomic E-state index is 0.162. The molecule has 0 saturated carbocycles. The number of benzene rings is 2. The number of ether oxygens (including phenoxy) is 1. The molecule has 2 amide bonds. The van der Waals surface area contributed by atoms with E-state index in [4.69, 9.17) is 4.74 Å². The van der Waals surface area contributed by atoms with E-state index in [1.165, 1.54) is 11.8 Å². The fraction of sp³-hybridized carbons (Fsp3) is 0.367. The first-order valence-corrected chi connectivity index (χ1v) is 13.7. The first-order valence-electron chi connectivity index (χ1n) is 12.9. The van der Waals surface area contributed by atoms with E-state index in [1.807, 2.05) is 91.9 Å². The number of aliphatic hydroxyl groups is 1. The van der Waals surface area contributed by atoms with Crippen molar-refractivity contribution in [3.63, 3.8) is 0 Å². The van der Waals surface area contributed by atoms with Crippen molar-refractivity contribution >= 4 is 29.5 Å². The second-order valence-electron chi connectivity index (χ2n) is 10.5. The van der Waals surface area contributed by atoms with E-state index in [-0.39, 0.29) is 25.0 Å². The van der Waals surface area contributed by atoms with Gasteiger partial charge in [-0.05, 0) is 24.1 Å². The summed E-state index contributed by atoms with van der Waals surface area (Å²) in [4.78, 5) is 45.6. The first kappa shape index (κ1) is 24.9. The van der Waals surface area contributed by atoms with Crippen LogP contribution in [-0.4, -0.2) is 68.0 Å². The van der Waals surface area contributed by atoms with Crippen molar-refractivity contribution in [2.24, 2.45) is 11.8 Å². The number of aliphatic hydroxyl groups excluding tert-OH is 1. The lowest BCUT2D eigenvalue weighted by Crippen LogP contribution is -2.54. The molecule has 2 saturated heterocycles. The quantitative estimate of drug-likeness (QED) is 0.472. The summed E-state index contributed by atoms with van der Waals surface area (Å²) >= 11 is 1.51. The molecule has 0 aliphatic carbocycles. The highest BCUT2D eigenvalue weighted by molar-refractivity contribution is 8.02. The molecule has 6 rings (SSSR count). The van der Waals surface area contributed by atoms with Gasteiger partial charge in [0.2, 0.25) is 11.8 Å². The van der Waals surface area contributed by atoms with Crippen molar-refractivity contribution in [2.45, 2.75) is 35.0 Å². The summed E-state index contributed by atoms with van der Waals surface area (Å²) in [6.07, 6.45) is 7.72. The van der Waals surface area contributed by atoms with Gasteiger partial charge in [-0.3, -0.25) is 14.4 Å². The highest BCUT2D eigenvalue weighted by atomic mass is 32.2. The maximum Gasteiger partial charge on any atom is 0.311 e. The first-order chi connectivity index (χ1) is 18.4. The number of cyclic esters (lactones) is 1. The van der Waals surface area contributed by atoms with Gasteiger partial charge in [0.1, 0.15) is 12.6 Å². The summed E-state index contributed by atoms with van der Waals surface area (Å²) in [7, 11) is 0. The van der Waals surface area contributed by atoms with E-state index in [1.54, 1.807) is 9.80 Å². The molecule has 7 nitrogen and oxygen atoms in total. The molecule has 1 N–H and O–H groups in total. The number of nitrogens with zero attached hydrogens (tertiary/aromatic N) is 2. The number of fused-ring (bicyclic) bond motifs is 2. The van der Waals surface area contributed by atoms with E-state index in [2.05, 4.69) is 0 Å². The fourth-order valence-corrected chi connectivity index (χ4v) is 8.79. The maximum atomic E-state index is 14.5. The van der Waals surface area contributed by atoms with Gasteiger partial charge < -0.3 is 19.6 Å². The zero-order valence-electron chi connectivity index (χ0n) is 21.1. The predicted octanol–water partition coefficient (Wildman–Crippen LogP) is 3.12. The third-order valence-corrected chi connectivity index (χ3v) is 10.0. The molecule has 1 unspecified atom stereocenters. The van der Waals surface area contributed by atoms with Gasteiger partial charge in [0.15, 0.2) is 0 Å². The van der Waals surface area contributed by atoms with Crippen molar-refractivity contribution in [1.29, 1.82) is 0 Å². The molecule has 0 radical (unpaired) electrons. The Hall–Kier alpha value is -3.36. The number of esters is 1. The molecule has 2 aromatic rings. The summed E-state index contributed by atoms with van der Waals surface area (Å²) in [5.41, 5.74) is 1.73. The zero-order chi connectivity index (χ0) is 26.5. The van der Waals surface area contributed by atoms with Gasteiger partial charge in [-0.2, -0.15) is 0 Å². The van der Waals surface area contributed by atoms with Gasteiger partial charge in [-0.1, -0.05) is 78.9 Å². The molecule has 2 fully saturated rings. The van der Waals surface area contributed by atoms with Gasteiger partial charge in [0.05, 0.1) is 29.2 Å². The normalized spacial score (nSPS) is 32.8. The summed E-state index contributed by atoms with van der Waals surface area (Å²) in [5.74, 6) is -2.46. The van der Waals surface area contributed by atoms with Crippen molar-refractivity contribution in [3.8, 4) is 0 Å². The Morgan fingerprint density at radius 2 is 1.68 bits per heavy atom. The van der Waals surface area contributed by atoms with Gasteiger partial charge in [-0.15, -0.1) is 11.8 Å². The molecule has 1 spiro atoms. The molecular weight excluding hydrogens is 500 g/mol. The van der Waals surface area contributed by atoms with Crippen LogP contribution in [0.4, 0.5) is 0 Å². The average molecular weight is 531 g/mol. The third-order valence-electron chi connectivity index (χ3n) is 8.24. The second kappa shape index (κ2) is 9.43. The average Bonchev–Trinajstić information content (AvgIpc) is 3.19. The lowest BCUT2D eigenvalue weighted by atomic mass is 9.75. The SMILES string of the molecule is C[C@]12C=CCOC(=O)[C@H]1[C@H]1C(=O)N([C@H](CO)c3ccccc3)C3C(=O)N(Cc4ccccc4)CC=C[C@@]31S2. The Balaban J connectivity index is 1.50. The number of amides is 2. The second-order valence-corrected chi connectivity index (χ2v) is 12.3. The maximum absolute atomic E-state index is 14.5. The largest absolute Gasteiger partial charge is 0.461 e. The van der Waals surface area contributed by atoms with Crippen LogP contribution in [0.25, 0.3) is 0 Å². The minimum Gasteiger partial charge on any atom is -0.461 e. The molecule has 196 valence electrons. The molecule has 6 atom stereocenters. The van der Waals surface area contributed by atoms with Gasteiger partial charge in [0.25, 0.3) is 0 Å². The van der Waals surface area contributed by atoms with Crippen molar-refractivity contribution in [1.82, 2.24) is 9.80 Å². The highest BCUT2D eigenvalue weighted by Crippen LogP contribution is 2.66. The minimum atomic E-state index is -0.984. The number of thioether (sulfide) groups is 1. The highest BCUT2D eigenvalue weighted by Gasteiger charge is 2.74. The lowest BCUT2D eigenvalue weighted by molar-refractivity contribution is -0.153. The summed E-state index contributed by atoms with van der Waals surface area (Å²) in [6.45, 7) is 2.56. The topological polar surface area (TPSA) is 87.1 Å². The fourth-order valence-electron chi connectivity index (χ4n) is 6.65. The van der Waals surface area contributed by atoms with E-state index < -0.39 is 39.4 Å². The summed E-state index contributed by atoms with van der Waals surface area (Å²) in [6, 6.07) is 17.4. The molecule has 4 aliphatic rings. The van der Waals surface area contributed by atoms with Crippen LogP contribution in [-0.2, 0) is 25.7 Å².